The summed E-state index contributed by atoms with van der Waals surface area (Å²) in [5, 5.41) is 11.3. The molecule has 9 nitrogen and oxygen atoms in total. The van der Waals surface area contributed by atoms with Gasteiger partial charge in [0.1, 0.15) is 11.5 Å². The van der Waals surface area contributed by atoms with Crippen LogP contribution in [0, 0.1) is 0 Å². The Kier molecular flexibility index (Phi) is 6.29. The van der Waals surface area contributed by atoms with E-state index in [-0.39, 0.29) is 6.04 Å². The zero-order chi connectivity index (χ0) is 23.5. The number of hydrogen-bond acceptors (Lipinski definition) is 8. The van der Waals surface area contributed by atoms with E-state index in [1.165, 1.54) is 0 Å². The van der Waals surface area contributed by atoms with Gasteiger partial charge in [0.15, 0.2) is 0 Å². The molecule has 5 rings (SSSR count). The molecule has 0 spiro atoms. The Morgan fingerprint density at radius 3 is 2.50 bits per heavy atom. The van der Waals surface area contributed by atoms with Gasteiger partial charge < -0.3 is 25.0 Å². The number of aromatic nitrogens is 4. The Labute approximate surface area is 198 Å². The largest absolute Gasteiger partial charge is 0.497 e. The molecule has 0 bridgehead atoms. The lowest BCUT2D eigenvalue weighted by Crippen LogP contribution is -2.52. The van der Waals surface area contributed by atoms with Crippen LogP contribution in [0.15, 0.2) is 55.0 Å². The van der Waals surface area contributed by atoms with Crippen molar-refractivity contribution in [1.29, 1.82) is 0 Å². The van der Waals surface area contributed by atoms with E-state index in [1.54, 1.807) is 31.3 Å². The van der Waals surface area contributed by atoms with Gasteiger partial charge in [-0.2, -0.15) is 5.10 Å². The highest BCUT2D eigenvalue weighted by Crippen LogP contribution is 2.34. The van der Waals surface area contributed by atoms with Crippen molar-refractivity contribution in [3.8, 4) is 22.8 Å². The van der Waals surface area contributed by atoms with Crippen LogP contribution in [0.5, 0.6) is 11.5 Å². The molecule has 1 fully saturated rings. The van der Waals surface area contributed by atoms with Crippen LogP contribution in [0.3, 0.4) is 0 Å². The highest BCUT2D eigenvalue weighted by atomic mass is 16.5. The van der Waals surface area contributed by atoms with Gasteiger partial charge in [0.05, 0.1) is 43.3 Å². The molecule has 0 aliphatic carbocycles. The standard InChI is InChI=1S/C25H29N7O2/c1-31-15-17(12-29-31)25-14-28-23-5-4-19(10-24(23)30-25)32(16-18-13-26-6-7-27-18)20-8-21(33-2)11-22(9-20)34-3/h4-5,8-12,14-15,18,26-27H,6-7,13,16H2,1-3H3. The smallest absolute Gasteiger partial charge is 0.124 e. The first kappa shape index (κ1) is 22.1. The van der Waals surface area contributed by atoms with E-state index in [2.05, 4.69) is 37.7 Å². The third-order valence-electron chi connectivity index (χ3n) is 6.01. The molecule has 1 aliphatic rings. The number of methoxy groups -OCH3 is 2. The summed E-state index contributed by atoms with van der Waals surface area (Å²) in [6.07, 6.45) is 5.54. The van der Waals surface area contributed by atoms with Crippen molar-refractivity contribution in [3.05, 3.63) is 55.0 Å². The van der Waals surface area contributed by atoms with Crippen molar-refractivity contribution >= 4 is 22.4 Å². The quantitative estimate of drug-likeness (QED) is 0.436. The summed E-state index contributed by atoms with van der Waals surface area (Å²) < 4.78 is 12.9. The van der Waals surface area contributed by atoms with Crippen LogP contribution in [0.1, 0.15) is 0 Å². The Morgan fingerprint density at radius 1 is 1.00 bits per heavy atom. The molecule has 0 amide bonds. The van der Waals surface area contributed by atoms with Crippen LogP contribution >= 0.6 is 0 Å². The number of ether oxygens (including phenoxy) is 2. The van der Waals surface area contributed by atoms with Crippen molar-refractivity contribution in [2.24, 2.45) is 7.05 Å². The minimum Gasteiger partial charge on any atom is -0.497 e. The third kappa shape index (κ3) is 4.66. The molecule has 1 saturated heterocycles. The number of piperazine rings is 1. The van der Waals surface area contributed by atoms with Crippen LogP contribution in [-0.2, 0) is 7.05 Å². The van der Waals surface area contributed by atoms with E-state index in [1.807, 2.05) is 37.5 Å². The molecule has 176 valence electrons. The van der Waals surface area contributed by atoms with Gasteiger partial charge in [-0.1, -0.05) is 0 Å². The fraction of sp³-hybridized carbons (Fsp3) is 0.320. The second-order valence-electron chi connectivity index (χ2n) is 8.37. The third-order valence-corrected chi connectivity index (χ3v) is 6.01. The van der Waals surface area contributed by atoms with Crippen LogP contribution < -0.4 is 25.0 Å². The Hall–Kier alpha value is -3.69. The summed E-state index contributed by atoms with van der Waals surface area (Å²) in [6.45, 7) is 3.59. The molecule has 0 saturated carbocycles. The summed E-state index contributed by atoms with van der Waals surface area (Å²) in [7, 11) is 5.23. The van der Waals surface area contributed by atoms with Gasteiger partial charge in [-0.05, 0) is 18.2 Å². The molecule has 9 heteroatoms. The Bertz CT molecular complexity index is 1260. The molecule has 2 aromatic carbocycles. The van der Waals surface area contributed by atoms with Crippen molar-refractivity contribution in [1.82, 2.24) is 30.4 Å². The first-order valence-corrected chi connectivity index (χ1v) is 11.3. The fourth-order valence-electron chi connectivity index (χ4n) is 4.23. The summed E-state index contributed by atoms with van der Waals surface area (Å²) >= 11 is 0. The Morgan fingerprint density at radius 2 is 1.82 bits per heavy atom. The number of nitrogens with zero attached hydrogens (tertiary/aromatic N) is 5. The molecular formula is C25H29N7O2. The van der Waals surface area contributed by atoms with Crippen LogP contribution in [0.25, 0.3) is 22.3 Å². The zero-order valence-corrected chi connectivity index (χ0v) is 19.7. The van der Waals surface area contributed by atoms with E-state index in [0.29, 0.717) is 0 Å². The van der Waals surface area contributed by atoms with Gasteiger partial charge in [0, 0.05) is 80.6 Å². The number of aryl methyl sites for hydroxylation is 1. The summed E-state index contributed by atoms with van der Waals surface area (Å²) in [6, 6.07) is 12.4. The van der Waals surface area contributed by atoms with Gasteiger partial charge in [-0.15, -0.1) is 0 Å². The van der Waals surface area contributed by atoms with E-state index >= 15 is 0 Å². The van der Waals surface area contributed by atoms with E-state index in [9.17, 15) is 0 Å². The zero-order valence-electron chi connectivity index (χ0n) is 19.7. The maximum Gasteiger partial charge on any atom is 0.124 e. The second-order valence-corrected chi connectivity index (χ2v) is 8.37. The van der Waals surface area contributed by atoms with Crippen LogP contribution in [0.4, 0.5) is 11.4 Å². The predicted octanol–water partition coefficient (Wildman–Crippen LogP) is 2.75. The molecule has 0 radical (unpaired) electrons. The monoisotopic (exact) mass is 459 g/mol. The lowest BCUT2D eigenvalue weighted by Gasteiger charge is -2.33. The number of benzene rings is 2. The fourth-order valence-corrected chi connectivity index (χ4v) is 4.23. The van der Waals surface area contributed by atoms with Gasteiger partial charge in [0.2, 0.25) is 0 Å². The molecule has 2 aromatic heterocycles. The molecule has 3 heterocycles. The Balaban J connectivity index is 1.57. The van der Waals surface area contributed by atoms with E-state index < -0.39 is 0 Å². The summed E-state index contributed by atoms with van der Waals surface area (Å²) in [5.74, 6) is 1.49. The number of rotatable bonds is 7. The lowest BCUT2D eigenvalue weighted by atomic mass is 10.1. The van der Waals surface area contributed by atoms with Crippen molar-refractivity contribution < 1.29 is 9.47 Å². The van der Waals surface area contributed by atoms with Crippen molar-refractivity contribution in [3.63, 3.8) is 0 Å². The van der Waals surface area contributed by atoms with Crippen molar-refractivity contribution in [2.75, 3.05) is 45.3 Å². The van der Waals surface area contributed by atoms with Gasteiger partial charge in [-0.3, -0.25) is 9.67 Å². The van der Waals surface area contributed by atoms with Crippen molar-refractivity contribution in [2.45, 2.75) is 6.04 Å². The number of anilines is 2. The lowest BCUT2D eigenvalue weighted by molar-refractivity contribution is 0.394. The average molecular weight is 460 g/mol. The number of hydrogen-bond donors (Lipinski definition) is 2. The number of nitrogens with one attached hydrogen (secondary N) is 2. The van der Waals surface area contributed by atoms with Crippen LogP contribution in [0.2, 0.25) is 0 Å². The normalized spacial score (nSPS) is 15.9. The highest BCUT2D eigenvalue weighted by Gasteiger charge is 2.20. The first-order valence-electron chi connectivity index (χ1n) is 11.3. The average Bonchev–Trinajstić information content (AvgIpc) is 3.33. The molecule has 4 aromatic rings. The molecular weight excluding hydrogens is 430 g/mol. The van der Waals surface area contributed by atoms with Gasteiger partial charge >= 0.3 is 0 Å². The van der Waals surface area contributed by atoms with E-state index in [0.717, 1.165) is 71.3 Å². The van der Waals surface area contributed by atoms with Crippen LogP contribution in [-0.4, -0.2) is 66.2 Å². The number of fused-ring (bicyclic) bond motifs is 1. The van der Waals surface area contributed by atoms with Gasteiger partial charge in [0.25, 0.3) is 0 Å². The molecule has 34 heavy (non-hydrogen) atoms. The first-order chi connectivity index (χ1) is 16.6. The molecule has 1 aliphatic heterocycles. The minimum absolute atomic E-state index is 0.287. The molecule has 1 atom stereocenters. The molecule has 2 N–H and O–H groups in total. The maximum atomic E-state index is 5.55. The predicted molar refractivity (Wildman–Crippen MR) is 133 cm³/mol. The summed E-state index contributed by atoms with van der Waals surface area (Å²) in [5.41, 5.74) is 5.41. The maximum absolute atomic E-state index is 5.55. The van der Waals surface area contributed by atoms with Gasteiger partial charge in [-0.25, -0.2) is 4.98 Å². The second kappa shape index (κ2) is 9.66. The molecule has 1 unspecified atom stereocenters. The van der Waals surface area contributed by atoms with E-state index in [4.69, 9.17) is 14.5 Å². The summed E-state index contributed by atoms with van der Waals surface area (Å²) in [4.78, 5) is 11.8. The topological polar surface area (TPSA) is 89.4 Å². The SMILES string of the molecule is COc1cc(OC)cc(N(CC2CNCCN2)c2ccc3ncc(-c4cnn(C)c4)nc3c2)c1. The highest BCUT2D eigenvalue weighted by molar-refractivity contribution is 5.82. The minimum atomic E-state index is 0.287.